The van der Waals surface area contributed by atoms with E-state index in [0.717, 1.165) is 17.3 Å². The van der Waals surface area contributed by atoms with Gasteiger partial charge in [0.05, 0.1) is 0 Å². The normalized spacial score (nSPS) is 35.6. The molecule has 2 atom stereocenters. The molecule has 2 aliphatic heterocycles. The van der Waals surface area contributed by atoms with E-state index in [1.54, 1.807) is 0 Å². The van der Waals surface area contributed by atoms with Gasteiger partial charge in [-0.15, -0.1) is 0 Å². The molecule has 0 spiro atoms. The van der Waals surface area contributed by atoms with E-state index in [9.17, 15) is 0 Å². The van der Waals surface area contributed by atoms with Crippen molar-refractivity contribution in [2.24, 2.45) is 0 Å². The van der Waals surface area contributed by atoms with Crippen LogP contribution in [0.2, 0.25) is 0 Å². The van der Waals surface area contributed by atoms with E-state index in [2.05, 4.69) is 35.8 Å². The zero-order valence-electron chi connectivity index (χ0n) is 9.33. The van der Waals surface area contributed by atoms with Gasteiger partial charge in [-0.2, -0.15) is 11.8 Å². The minimum absolute atomic E-state index is 0.776. The molecular weight excluding hydrogens is 192 g/mol. The van der Waals surface area contributed by atoms with Crippen LogP contribution in [0.25, 0.3) is 0 Å². The summed E-state index contributed by atoms with van der Waals surface area (Å²) in [5, 5.41) is 4.63. The van der Waals surface area contributed by atoms with Crippen LogP contribution < -0.4 is 5.32 Å². The number of rotatable bonds is 3. The third-order valence-corrected chi connectivity index (χ3v) is 4.84. The van der Waals surface area contributed by atoms with Crippen LogP contribution >= 0.6 is 11.8 Å². The predicted octanol–water partition coefficient (Wildman–Crippen LogP) is 1.56. The molecule has 0 saturated carbocycles. The van der Waals surface area contributed by atoms with Crippen molar-refractivity contribution in [2.75, 3.05) is 25.4 Å². The van der Waals surface area contributed by atoms with Gasteiger partial charge in [-0.3, -0.25) is 0 Å². The van der Waals surface area contributed by atoms with Crippen molar-refractivity contribution in [3.05, 3.63) is 0 Å². The molecule has 82 valence electrons. The minimum Gasteiger partial charge on any atom is -0.308 e. The largest absolute Gasteiger partial charge is 0.308 e. The van der Waals surface area contributed by atoms with Gasteiger partial charge < -0.3 is 10.2 Å². The van der Waals surface area contributed by atoms with Crippen LogP contribution in [-0.4, -0.2) is 47.6 Å². The van der Waals surface area contributed by atoms with Gasteiger partial charge in [0, 0.05) is 30.4 Å². The molecule has 2 heterocycles. The number of likely N-dealkylation sites (tertiary alicyclic amines) is 1. The predicted molar refractivity (Wildman–Crippen MR) is 64.0 cm³/mol. The highest BCUT2D eigenvalue weighted by Crippen LogP contribution is 2.26. The number of hydrogen-bond acceptors (Lipinski definition) is 3. The summed E-state index contributed by atoms with van der Waals surface area (Å²) in [6, 6.07) is 1.55. The highest BCUT2D eigenvalue weighted by atomic mass is 32.2. The van der Waals surface area contributed by atoms with E-state index in [4.69, 9.17) is 0 Å². The molecule has 1 N–H and O–H groups in total. The number of hydrogen-bond donors (Lipinski definition) is 1. The van der Waals surface area contributed by atoms with Crippen LogP contribution in [-0.2, 0) is 0 Å². The summed E-state index contributed by atoms with van der Waals surface area (Å²) in [5.74, 6) is 1.37. The summed E-state index contributed by atoms with van der Waals surface area (Å²) in [5.41, 5.74) is 0. The van der Waals surface area contributed by atoms with Crippen molar-refractivity contribution in [1.82, 2.24) is 10.2 Å². The fraction of sp³-hybridized carbons (Fsp3) is 1.00. The number of likely N-dealkylation sites (N-methyl/N-ethyl adjacent to an activating group) is 1. The lowest BCUT2D eigenvalue weighted by atomic mass is 10.0. The van der Waals surface area contributed by atoms with Crippen molar-refractivity contribution in [3.63, 3.8) is 0 Å². The molecule has 0 aromatic rings. The van der Waals surface area contributed by atoms with Crippen LogP contribution in [0.3, 0.4) is 0 Å². The average molecular weight is 214 g/mol. The lowest BCUT2D eigenvalue weighted by molar-refractivity contribution is 0.123. The first-order valence-corrected chi connectivity index (χ1v) is 6.94. The van der Waals surface area contributed by atoms with Gasteiger partial charge in [-0.1, -0.05) is 13.8 Å². The Labute approximate surface area is 91.8 Å². The molecule has 3 heteroatoms. The lowest BCUT2D eigenvalue weighted by Crippen LogP contribution is -2.61. The molecule has 0 aromatic heterocycles. The summed E-state index contributed by atoms with van der Waals surface area (Å²) in [7, 11) is 0. The zero-order valence-corrected chi connectivity index (χ0v) is 10.1. The van der Waals surface area contributed by atoms with Crippen LogP contribution in [0.1, 0.15) is 26.7 Å². The van der Waals surface area contributed by atoms with Crippen molar-refractivity contribution < 1.29 is 0 Å². The molecule has 2 fully saturated rings. The molecule has 2 aliphatic rings. The first-order chi connectivity index (χ1) is 6.79. The quantitative estimate of drug-likeness (QED) is 0.767. The number of nitrogens with one attached hydrogen (secondary N) is 1. The van der Waals surface area contributed by atoms with Gasteiger partial charge in [0.25, 0.3) is 0 Å². The molecule has 0 aromatic carbocycles. The van der Waals surface area contributed by atoms with Crippen molar-refractivity contribution in [1.29, 1.82) is 0 Å². The Balaban J connectivity index is 1.69. The maximum absolute atomic E-state index is 3.81. The average Bonchev–Trinajstić information content (AvgIpc) is 2.13. The second kappa shape index (κ2) is 4.86. The SMILES string of the molecule is CCN1CC(NC2CCCSC2C)C1. The summed E-state index contributed by atoms with van der Waals surface area (Å²) < 4.78 is 0. The number of nitrogens with zero attached hydrogens (tertiary/aromatic N) is 1. The Kier molecular flexibility index (Phi) is 3.74. The Morgan fingerprint density at radius 3 is 2.86 bits per heavy atom. The van der Waals surface area contributed by atoms with Crippen LogP contribution in [0.4, 0.5) is 0 Å². The fourth-order valence-corrected chi connectivity index (χ4v) is 3.53. The van der Waals surface area contributed by atoms with Crippen molar-refractivity contribution in [3.8, 4) is 0 Å². The van der Waals surface area contributed by atoms with Crippen molar-refractivity contribution >= 4 is 11.8 Å². The van der Waals surface area contributed by atoms with Crippen LogP contribution in [0.5, 0.6) is 0 Å². The zero-order chi connectivity index (χ0) is 9.97. The summed E-state index contributed by atoms with van der Waals surface area (Å²) in [6.07, 6.45) is 2.79. The second-order valence-corrected chi connectivity index (χ2v) is 6.03. The molecule has 2 nitrogen and oxygen atoms in total. The fourth-order valence-electron chi connectivity index (χ4n) is 2.38. The summed E-state index contributed by atoms with van der Waals surface area (Å²) in [4.78, 5) is 2.50. The molecule has 2 saturated heterocycles. The van der Waals surface area contributed by atoms with E-state index < -0.39 is 0 Å². The Hall–Kier alpha value is 0.270. The van der Waals surface area contributed by atoms with Gasteiger partial charge in [0.15, 0.2) is 0 Å². The Morgan fingerprint density at radius 2 is 2.21 bits per heavy atom. The topological polar surface area (TPSA) is 15.3 Å². The van der Waals surface area contributed by atoms with Crippen LogP contribution in [0, 0.1) is 0 Å². The molecule has 2 rings (SSSR count). The molecule has 14 heavy (non-hydrogen) atoms. The minimum atomic E-state index is 0.776. The molecule has 0 bridgehead atoms. The Morgan fingerprint density at radius 1 is 1.43 bits per heavy atom. The monoisotopic (exact) mass is 214 g/mol. The molecule has 0 aliphatic carbocycles. The van der Waals surface area contributed by atoms with Gasteiger partial charge in [0.2, 0.25) is 0 Å². The maximum Gasteiger partial charge on any atom is 0.0325 e. The molecular formula is C11H22N2S. The number of thioether (sulfide) groups is 1. The van der Waals surface area contributed by atoms with Crippen molar-refractivity contribution in [2.45, 2.75) is 44.0 Å². The Bertz CT molecular complexity index is 180. The van der Waals surface area contributed by atoms with Gasteiger partial charge in [-0.05, 0) is 25.1 Å². The van der Waals surface area contributed by atoms with Gasteiger partial charge >= 0.3 is 0 Å². The standard InChI is InChI=1S/C11H22N2S/c1-3-13-7-10(8-13)12-11-5-4-6-14-9(11)2/h9-12H,3-8H2,1-2H3. The van der Waals surface area contributed by atoms with Crippen LogP contribution in [0.15, 0.2) is 0 Å². The van der Waals surface area contributed by atoms with E-state index >= 15 is 0 Å². The third-order valence-electron chi connectivity index (χ3n) is 3.46. The highest BCUT2D eigenvalue weighted by Gasteiger charge is 2.30. The second-order valence-electron chi connectivity index (χ2n) is 4.54. The van der Waals surface area contributed by atoms with Gasteiger partial charge in [-0.25, -0.2) is 0 Å². The van der Waals surface area contributed by atoms with E-state index in [1.165, 1.54) is 38.2 Å². The van der Waals surface area contributed by atoms with E-state index in [1.807, 2.05) is 0 Å². The molecule has 0 radical (unpaired) electrons. The summed E-state index contributed by atoms with van der Waals surface area (Å²) in [6.45, 7) is 8.37. The van der Waals surface area contributed by atoms with Gasteiger partial charge in [0.1, 0.15) is 0 Å². The maximum atomic E-state index is 3.81. The highest BCUT2D eigenvalue weighted by molar-refractivity contribution is 7.99. The molecule has 0 amide bonds. The first kappa shape index (κ1) is 10.8. The first-order valence-electron chi connectivity index (χ1n) is 5.89. The third kappa shape index (κ3) is 2.44. The van der Waals surface area contributed by atoms with E-state index in [-0.39, 0.29) is 0 Å². The molecule has 2 unspecified atom stereocenters. The lowest BCUT2D eigenvalue weighted by Gasteiger charge is -2.43. The van der Waals surface area contributed by atoms with E-state index in [0.29, 0.717) is 0 Å². The smallest absolute Gasteiger partial charge is 0.0325 e. The summed E-state index contributed by atoms with van der Waals surface area (Å²) >= 11 is 2.13.